The number of benzene rings is 8. The average Bonchev–Trinajstić information content (AvgIpc) is 3.79. The lowest BCUT2D eigenvalue weighted by molar-refractivity contribution is 0.670. The first-order valence-corrected chi connectivity index (χ1v) is 18.1. The van der Waals surface area contributed by atoms with E-state index >= 15 is 0 Å². The third-order valence-electron chi connectivity index (χ3n) is 9.89. The van der Waals surface area contributed by atoms with Crippen molar-refractivity contribution in [3.05, 3.63) is 188 Å². The molecule has 0 atom stereocenters. The van der Waals surface area contributed by atoms with E-state index < -0.39 is 0 Å². The Kier molecular flexibility index (Phi) is 7.04. The first-order valence-electron chi connectivity index (χ1n) is 17.3. The quantitative estimate of drug-likeness (QED) is 0.175. The summed E-state index contributed by atoms with van der Waals surface area (Å²) >= 11 is 1.87. The van der Waals surface area contributed by atoms with Gasteiger partial charge in [-0.25, -0.2) is 0 Å². The monoisotopic (exact) mass is 669 g/mol. The van der Waals surface area contributed by atoms with Gasteiger partial charge in [0.2, 0.25) is 0 Å². The Bertz CT molecular complexity index is 2680. The van der Waals surface area contributed by atoms with Crippen molar-refractivity contribution in [2.24, 2.45) is 0 Å². The van der Waals surface area contributed by atoms with Crippen molar-refractivity contribution in [1.29, 1.82) is 0 Å². The third kappa shape index (κ3) is 4.93. The van der Waals surface area contributed by atoms with Crippen LogP contribution >= 0.6 is 11.3 Å². The van der Waals surface area contributed by atoms with Crippen molar-refractivity contribution in [3.63, 3.8) is 0 Å². The van der Waals surface area contributed by atoms with E-state index in [1.807, 2.05) is 11.3 Å². The van der Waals surface area contributed by atoms with Crippen LogP contribution in [0.5, 0.6) is 0 Å². The lowest BCUT2D eigenvalue weighted by atomic mass is 10.00. The fourth-order valence-electron chi connectivity index (χ4n) is 7.56. The summed E-state index contributed by atoms with van der Waals surface area (Å²) in [6.07, 6.45) is 0. The number of nitrogens with zero attached hydrogens (tertiary/aromatic N) is 1. The summed E-state index contributed by atoms with van der Waals surface area (Å²) in [5.74, 6) is 0. The zero-order valence-electron chi connectivity index (χ0n) is 27.7. The largest absolute Gasteiger partial charge is 0.455 e. The van der Waals surface area contributed by atoms with E-state index in [-0.39, 0.29) is 0 Å². The smallest absolute Gasteiger partial charge is 0.143 e. The molecule has 0 aliphatic rings. The van der Waals surface area contributed by atoms with E-state index in [1.54, 1.807) is 0 Å². The molecule has 8 aromatic carbocycles. The second kappa shape index (κ2) is 12.2. The number of para-hydroxylation sites is 1. The topological polar surface area (TPSA) is 16.4 Å². The SMILES string of the molecule is c1ccc(-c2ccc(N(c3cccc4oc5c(-c6ccccc6)cccc5c34)c3cccc4sc5c(-c6ccccc6)cccc5c34)cc2)cc1. The number of hydrogen-bond donors (Lipinski definition) is 0. The number of rotatable bonds is 6. The molecular formula is C48H31NOS. The molecule has 240 valence electrons. The molecular weight excluding hydrogens is 639 g/mol. The zero-order valence-corrected chi connectivity index (χ0v) is 28.5. The Morgan fingerprint density at radius 2 is 0.941 bits per heavy atom. The Morgan fingerprint density at radius 1 is 0.392 bits per heavy atom. The summed E-state index contributed by atoms with van der Waals surface area (Å²) in [5.41, 5.74) is 12.2. The van der Waals surface area contributed by atoms with Crippen molar-refractivity contribution >= 4 is 70.5 Å². The minimum absolute atomic E-state index is 0.866. The van der Waals surface area contributed by atoms with Crippen LogP contribution in [-0.2, 0) is 0 Å². The van der Waals surface area contributed by atoms with E-state index in [1.165, 1.54) is 42.4 Å². The summed E-state index contributed by atoms with van der Waals surface area (Å²) in [6.45, 7) is 0. The molecule has 0 aliphatic heterocycles. The Labute approximate surface area is 300 Å². The summed E-state index contributed by atoms with van der Waals surface area (Å²) in [4.78, 5) is 2.44. The maximum atomic E-state index is 6.76. The molecule has 2 aromatic heterocycles. The van der Waals surface area contributed by atoms with Crippen LogP contribution in [0.2, 0.25) is 0 Å². The molecule has 10 aromatic rings. The Hall–Kier alpha value is -6.42. The predicted molar refractivity (Wildman–Crippen MR) is 218 cm³/mol. The standard InChI is InChI=1S/C48H31NOS/c1-4-14-32(15-5-1)33-28-30-36(31-29-33)49(41-24-12-26-43-45(41)39-22-10-20-37(47(39)50-43)34-16-6-2-7-17-34)42-25-13-27-44-46(42)40-23-11-21-38(48(40)51-44)35-18-8-3-9-19-35/h1-31H. The molecule has 0 bridgehead atoms. The lowest BCUT2D eigenvalue weighted by Crippen LogP contribution is -2.10. The van der Waals surface area contributed by atoms with Crippen molar-refractivity contribution in [3.8, 4) is 33.4 Å². The molecule has 0 unspecified atom stereocenters. The van der Waals surface area contributed by atoms with Crippen LogP contribution in [0.25, 0.3) is 75.5 Å². The second-order valence-electron chi connectivity index (χ2n) is 12.8. The number of anilines is 3. The van der Waals surface area contributed by atoms with Crippen molar-refractivity contribution in [2.45, 2.75) is 0 Å². The maximum absolute atomic E-state index is 6.76. The summed E-state index contributed by atoms with van der Waals surface area (Å²) < 4.78 is 9.31. The van der Waals surface area contributed by atoms with E-state index in [9.17, 15) is 0 Å². The van der Waals surface area contributed by atoms with Gasteiger partial charge in [0.25, 0.3) is 0 Å². The van der Waals surface area contributed by atoms with E-state index in [4.69, 9.17) is 4.42 Å². The highest BCUT2D eigenvalue weighted by atomic mass is 32.1. The number of fused-ring (bicyclic) bond motifs is 6. The van der Waals surface area contributed by atoms with Crippen LogP contribution < -0.4 is 4.90 Å². The maximum Gasteiger partial charge on any atom is 0.143 e. The van der Waals surface area contributed by atoms with Gasteiger partial charge in [-0.1, -0.05) is 152 Å². The predicted octanol–water partition coefficient (Wildman–Crippen LogP) is 14.4. The van der Waals surface area contributed by atoms with Gasteiger partial charge < -0.3 is 9.32 Å². The summed E-state index contributed by atoms with van der Waals surface area (Å²) in [6, 6.07) is 67.2. The zero-order chi connectivity index (χ0) is 33.7. The van der Waals surface area contributed by atoms with Gasteiger partial charge in [0.05, 0.1) is 16.8 Å². The van der Waals surface area contributed by atoms with Crippen LogP contribution in [0.15, 0.2) is 192 Å². The molecule has 10 rings (SSSR count). The highest BCUT2D eigenvalue weighted by molar-refractivity contribution is 7.26. The summed E-state index contributed by atoms with van der Waals surface area (Å²) in [5, 5.41) is 4.70. The molecule has 2 nitrogen and oxygen atoms in total. The summed E-state index contributed by atoms with van der Waals surface area (Å²) in [7, 11) is 0. The minimum atomic E-state index is 0.866. The minimum Gasteiger partial charge on any atom is -0.455 e. The fourth-order valence-corrected chi connectivity index (χ4v) is 8.82. The molecule has 2 heterocycles. The first-order chi connectivity index (χ1) is 25.3. The fraction of sp³-hybridized carbons (Fsp3) is 0. The molecule has 3 heteroatoms. The Morgan fingerprint density at radius 3 is 1.65 bits per heavy atom. The Balaban J connectivity index is 1.25. The van der Waals surface area contributed by atoms with Crippen LogP contribution in [0.1, 0.15) is 0 Å². The van der Waals surface area contributed by atoms with Gasteiger partial charge >= 0.3 is 0 Å². The van der Waals surface area contributed by atoms with Crippen LogP contribution in [-0.4, -0.2) is 0 Å². The molecule has 0 radical (unpaired) electrons. The van der Waals surface area contributed by atoms with Crippen molar-refractivity contribution < 1.29 is 4.42 Å². The van der Waals surface area contributed by atoms with Gasteiger partial charge in [0.15, 0.2) is 0 Å². The van der Waals surface area contributed by atoms with E-state index in [0.717, 1.165) is 50.1 Å². The molecule has 0 saturated carbocycles. The van der Waals surface area contributed by atoms with Crippen molar-refractivity contribution in [1.82, 2.24) is 0 Å². The van der Waals surface area contributed by atoms with Gasteiger partial charge in [0.1, 0.15) is 11.2 Å². The second-order valence-corrected chi connectivity index (χ2v) is 13.9. The van der Waals surface area contributed by atoms with Gasteiger partial charge in [0, 0.05) is 36.8 Å². The third-order valence-corrected chi connectivity index (χ3v) is 11.1. The van der Waals surface area contributed by atoms with Gasteiger partial charge in [-0.3, -0.25) is 0 Å². The van der Waals surface area contributed by atoms with E-state index in [0.29, 0.717) is 0 Å². The lowest BCUT2D eigenvalue weighted by Gasteiger charge is -2.27. The first kappa shape index (κ1) is 29.5. The number of furan rings is 1. The highest BCUT2D eigenvalue weighted by Crippen LogP contribution is 2.50. The molecule has 0 aliphatic carbocycles. The molecule has 0 N–H and O–H groups in total. The van der Waals surface area contributed by atoms with Gasteiger partial charge in [-0.15, -0.1) is 11.3 Å². The molecule has 0 saturated heterocycles. The molecule has 0 amide bonds. The normalized spacial score (nSPS) is 11.5. The van der Waals surface area contributed by atoms with E-state index in [2.05, 4.69) is 193 Å². The van der Waals surface area contributed by atoms with Gasteiger partial charge in [-0.2, -0.15) is 0 Å². The average molecular weight is 670 g/mol. The van der Waals surface area contributed by atoms with Crippen LogP contribution in [0.4, 0.5) is 17.1 Å². The number of thiophene rings is 1. The molecule has 51 heavy (non-hydrogen) atoms. The number of hydrogen-bond acceptors (Lipinski definition) is 3. The molecule has 0 spiro atoms. The van der Waals surface area contributed by atoms with Crippen LogP contribution in [0.3, 0.4) is 0 Å². The van der Waals surface area contributed by atoms with Crippen molar-refractivity contribution in [2.75, 3.05) is 4.90 Å². The van der Waals surface area contributed by atoms with Crippen LogP contribution in [0, 0.1) is 0 Å². The van der Waals surface area contributed by atoms with Gasteiger partial charge in [-0.05, 0) is 64.2 Å². The highest BCUT2D eigenvalue weighted by Gasteiger charge is 2.24. The molecule has 0 fully saturated rings.